The average molecular weight is 527 g/mol. The number of ether oxygens (including phenoxy) is 1. The summed E-state index contributed by atoms with van der Waals surface area (Å²) in [4.78, 5) is 21.2. The number of carbonyl (C=O) groups excluding carboxylic acids is 1. The number of fused-ring (bicyclic) bond motifs is 1. The van der Waals surface area contributed by atoms with Crippen molar-refractivity contribution >= 4 is 28.7 Å². The van der Waals surface area contributed by atoms with Gasteiger partial charge in [-0.25, -0.2) is 14.8 Å². The molecule has 2 N–H and O–H groups in total. The molecule has 0 aliphatic heterocycles. The number of nitrogens with zero attached hydrogens (tertiary/aromatic N) is 2. The Morgan fingerprint density at radius 3 is 2.10 bits per heavy atom. The Kier molecular flexibility index (Phi) is 7.17. The van der Waals surface area contributed by atoms with E-state index >= 15 is 0 Å². The van der Waals surface area contributed by atoms with Gasteiger partial charge < -0.3 is 14.5 Å². The largest absolute Gasteiger partial charge is 0.437 e. The molecule has 6 rings (SSSR count). The van der Waals surface area contributed by atoms with Gasteiger partial charge in [-0.2, -0.15) is 0 Å². The van der Waals surface area contributed by atoms with Gasteiger partial charge in [0.1, 0.15) is 23.7 Å². The summed E-state index contributed by atoms with van der Waals surface area (Å²) in [5.41, 5.74) is 5.27. The zero-order valence-corrected chi connectivity index (χ0v) is 21.6. The number of carbonyl (C=O) groups is 1. The molecule has 2 aromatic heterocycles. The highest BCUT2D eigenvalue weighted by Gasteiger charge is 2.21. The van der Waals surface area contributed by atoms with Gasteiger partial charge in [-0.1, -0.05) is 91.0 Å². The predicted octanol–water partition coefficient (Wildman–Crippen LogP) is 7.82. The molecule has 7 heteroatoms. The van der Waals surface area contributed by atoms with Gasteiger partial charge in [-0.05, 0) is 41.8 Å². The monoisotopic (exact) mass is 526 g/mol. The summed E-state index contributed by atoms with van der Waals surface area (Å²) < 4.78 is 11.7. The number of anilines is 2. The first kappa shape index (κ1) is 24.9. The number of aromatic nitrogens is 2. The van der Waals surface area contributed by atoms with Crippen molar-refractivity contribution in [3.63, 3.8) is 0 Å². The normalized spacial score (nSPS) is 10.8. The maximum atomic E-state index is 12.2. The highest BCUT2D eigenvalue weighted by Crippen LogP contribution is 2.42. The summed E-state index contributed by atoms with van der Waals surface area (Å²) in [6.07, 6.45) is 1.73. The van der Waals surface area contributed by atoms with Gasteiger partial charge in [0.2, 0.25) is 5.71 Å². The molecule has 4 aromatic carbocycles. The molecule has 1 amide bonds. The summed E-state index contributed by atoms with van der Waals surface area (Å²) in [6.45, 7) is 0.640. The van der Waals surface area contributed by atoms with E-state index in [0.717, 1.165) is 39.8 Å². The van der Waals surface area contributed by atoms with E-state index in [0.29, 0.717) is 29.5 Å². The van der Waals surface area contributed by atoms with E-state index in [1.807, 2.05) is 78.9 Å². The molecular weight excluding hydrogens is 500 g/mol. The highest BCUT2D eigenvalue weighted by molar-refractivity contribution is 6.05. The first-order valence-electron chi connectivity index (χ1n) is 13.0. The fourth-order valence-corrected chi connectivity index (χ4v) is 4.56. The molecule has 40 heavy (non-hydrogen) atoms. The third kappa shape index (κ3) is 5.54. The molecule has 6 aromatic rings. The van der Waals surface area contributed by atoms with Crippen molar-refractivity contribution in [3.8, 4) is 28.2 Å². The first-order valence-corrected chi connectivity index (χ1v) is 13.0. The van der Waals surface area contributed by atoms with Crippen molar-refractivity contribution in [3.05, 3.63) is 127 Å². The third-order valence-corrected chi connectivity index (χ3v) is 6.45. The second kappa shape index (κ2) is 11.5. The highest BCUT2D eigenvalue weighted by atomic mass is 16.6. The number of hydrogen-bond donors (Lipinski definition) is 2. The number of hydrogen-bond acceptors (Lipinski definition) is 6. The van der Waals surface area contributed by atoms with Crippen LogP contribution >= 0.6 is 0 Å². The molecule has 2 heterocycles. The molecule has 0 atom stereocenters. The van der Waals surface area contributed by atoms with Crippen LogP contribution in [0.3, 0.4) is 0 Å². The van der Waals surface area contributed by atoms with Crippen LogP contribution in [0.25, 0.3) is 33.6 Å². The second-order valence-electron chi connectivity index (χ2n) is 9.14. The Bertz CT molecular complexity index is 1720. The zero-order valence-electron chi connectivity index (χ0n) is 21.6. The predicted molar refractivity (Wildman–Crippen MR) is 157 cm³/mol. The van der Waals surface area contributed by atoms with E-state index in [9.17, 15) is 4.79 Å². The van der Waals surface area contributed by atoms with Crippen molar-refractivity contribution in [2.45, 2.75) is 6.42 Å². The fraction of sp³-hybridized carbons (Fsp3) is 0.0606. The van der Waals surface area contributed by atoms with Crippen molar-refractivity contribution in [2.75, 3.05) is 17.2 Å². The van der Waals surface area contributed by atoms with E-state index in [4.69, 9.17) is 9.15 Å². The number of furan rings is 1. The van der Waals surface area contributed by atoms with Crippen molar-refractivity contribution in [1.82, 2.24) is 9.97 Å². The van der Waals surface area contributed by atoms with Crippen LogP contribution in [0.5, 0.6) is 5.75 Å². The Hall–Kier alpha value is -5.43. The summed E-state index contributed by atoms with van der Waals surface area (Å²) in [5, 5.41) is 7.04. The fourth-order valence-electron chi connectivity index (χ4n) is 4.56. The molecule has 0 bridgehead atoms. The maximum Gasteiger partial charge on any atom is 0.417 e. The van der Waals surface area contributed by atoms with Crippen LogP contribution in [0.1, 0.15) is 5.56 Å². The van der Waals surface area contributed by atoms with Gasteiger partial charge in [-0.3, -0.25) is 5.32 Å². The summed E-state index contributed by atoms with van der Waals surface area (Å²) in [7, 11) is 0. The van der Waals surface area contributed by atoms with Crippen LogP contribution < -0.4 is 15.4 Å². The Labute approximate surface area is 231 Å². The molecule has 0 saturated heterocycles. The lowest BCUT2D eigenvalue weighted by atomic mass is 9.99. The first-order chi connectivity index (χ1) is 19.7. The van der Waals surface area contributed by atoms with Crippen LogP contribution in [-0.4, -0.2) is 22.6 Å². The standard InChI is InChI=1S/C33H26N4O3/c38-33(37-26-14-8-3-9-15-26)39-27-18-16-23(17-19-27)20-21-34-31-29-28(24-10-4-1-5-11-24)30(25-12-6-2-7-13-25)40-32(29)36-22-35-31/h1-19,22H,20-21H2,(H,37,38)(H,34,35,36). The Morgan fingerprint density at radius 1 is 0.750 bits per heavy atom. The van der Waals surface area contributed by atoms with Gasteiger partial charge in [0, 0.05) is 23.4 Å². The van der Waals surface area contributed by atoms with Crippen molar-refractivity contribution < 1.29 is 13.9 Å². The molecule has 0 fully saturated rings. The average Bonchev–Trinajstić information content (AvgIpc) is 3.40. The molecule has 0 radical (unpaired) electrons. The molecule has 0 aliphatic rings. The summed E-state index contributed by atoms with van der Waals surface area (Å²) in [6, 6.07) is 36.9. The SMILES string of the molecule is O=C(Nc1ccccc1)Oc1ccc(CCNc2ncnc3oc(-c4ccccc4)c(-c4ccccc4)c23)cc1. The van der Waals surface area contributed by atoms with Crippen LogP contribution in [-0.2, 0) is 6.42 Å². The second-order valence-corrected chi connectivity index (χ2v) is 9.14. The molecule has 196 valence electrons. The number of para-hydroxylation sites is 1. The quantitative estimate of drug-likeness (QED) is 0.210. The van der Waals surface area contributed by atoms with E-state index in [1.165, 1.54) is 6.33 Å². The van der Waals surface area contributed by atoms with Crippen molar-refractivity contribution in [2.24, 2.45) is 0 Å². The number of benzene rings is 4. The minimum atomic E-state index is -0.530. The lowest BCUT2D eigenvalue weighted by molar-refractivity contribution is 0.215. The number of rotatable bonds is 8. The Morgan fingerprint density at radius 2 is 1.40 bits per heavy atom. The van der Waals surface area contributed by atoms with Gasteiger partial charge >= 0.3 is 6.09 Å². The van der Waals surface area contributed by atoms with E-state index < -0.39 is 6.09 Å². The molecule has 0 spiro atoms. The lowest BCUT2D eigenvalue weighted by Crippen LogP contribution is -2.16. The molecule has 0 saturated carbocycles. The van der Waals surface area contributed by atoms with E-state index in [2.05, 4.69) is 32.7 Å². The van der Waals surface area contributed by atoms with Crippen LogP contribution in [0.15, 0.2) is 126 Å². The third-order valence-electron chi connectivity index (χ3n) is 6.45. The van der Waals surface area contributed by atoms with Gasteiger partial charge in [0.05, 0.1) is 5.39 Å². The van der Waals surface area contributed by atoms with Gasteiger partial charge in [0.15, 0.2) is 0 Å². The van der Waals surface area contributed by atoms with E-state index in [-0.39, 0.29) is 0 Å². The molecular formula is C33H26N4O3. The molecule has 0 aliphatic carbocycles. The van der Waals surface area contributed by atoms with Crippen LogP contribution in [0.2, 0.25) is 0 Å². The minimum Gasteiger partial charge on any atom is -0.437 e. The van der Waals surface area contributed by atoms with E-state index in [1.54, 1.807) is 24.3 Å². The van der Waals surface area contributed by atoms with Crippen LogP contribution in [0.4, 0.5) is 16.3 Å². The topological polar surface area (TPSA) is 89.3 Å². The molecule has 0 unspecified atom stereocenters. The lowest BCUT2D eigenvalue weighted by Gasteiger charge is -2.10. The Balaban J connectivity index is 1.18. The van der Waals surface area contributed by atoms with Gasteiger partial charge in [0.25, 0.3) is 0 Å². The maximum absolute atomic E-state index is 12.2. The molecule has 7 nitrogen and oxygen atoms in total. The zero-order chi connectivity index (χ0) is 27.1. The smallest absolute Gasteiger partial charge is 0.417 e. The van der Waals surface area contributed by atoms with Crippen molar-refractivity contribution in [1.29, 1.82) is 0 Å². The van der Waals surface area contributed by atoms with Crippen LogP contribution in [0, 0.1) is 0 Å². The summed E-state index contributed by atoms with van der Waals surface area (Å²) >= 11 is 0. The number of amides is 1. The number of nitrogens with one attached hydrogen (secondary N) is 2. The minimum absolute atomic E-state index is 0.474. The van der Waals surface area contributed by atoms with Gasteiger partial charge in [-0.15, -0.1) is 0 Å². The summed E-state index contributed by atoms with van der Waals surface area (Å²) in [5.74, 6) is 1.95.